The standard InChI is InChI=1S/C19H22N4O3/c1-3-22(14-4-5-15(2)24)18-10-6-16(7-11-18)20-21-17-8-12-19(13-9-17)23(25)26/h6-13H,3-5,14H2,1-2H3. The molecule has 0 saturated carbocycles. The fourth-order valence-corrected chi connectivity index (χ4v) is 2.48. The Morgan fingerprint density at radius 2 is 1.58 bits per heavy atom. The number of benzene rings is 2. The molecular formula is C19H22N4O3. The molecule has 0 spiro atoms. The predicted molar refractivity (Wildman–Crippen MR) is 102 cm³/mol. The lowest BCUT2D eigenvalue weighted by atomic mass is 10.2. The minimum absolute atomic E-state index is 0.0257. The fraction of sp³-hybridized carbons (Fsp3) is 0.316. The quantitative estimate of drug-likeness (QED) is 0.351. The number of carbonyl (C=O) groups excluding carboxylic acids is 1. The molecule has 136 valence electrons. The summed E-state index contributed by atoms with van der Waals surface area (Å²) >= 11 is 0. The smallest absolute Gasteiger partial charge is 0.269 e. The van der Waals surface area contributed by atoms with Crippen molar-refractivity contribution in [3.63, 3.8) is 0 Å². The Hall–Kier alpha value is -3.09. The zero-order valence-corrected chi connectivity index (χ0v) is 15.0. The Bertz CT molecular complexity index is 770. The van der Waals surface area contributed by atoms with Gasteiger partial charge in [-0.15, -0.1) is 0 Å². The molecule has 2 rings (SSSR count). The van der Waals surface area contributed by atoms with Gasteiger partial charge in [0.2, 0.25) is 0 Å². The van der Waals surface area contributed by atoms with Crippen LogP contribution in [0.2, 0.25) is 0 Å². The normalized spacial score (nSPS) is 10.8. The first kappa shape index (κ1) is 19.2. The van der Waals surface area contributed by atoms with Gasteiger partial charge in [0, 0.05) is 37.3 Å². The van der Waals surface area contributed by atoms with Gasteiger partial charge in [0.25, 0.3) is 5.69 Å². The maximum absolute atomic E-state index is 11.1. The van der Waals surface area contributed by atoms with Crippen LogP contribution in [0.4, 0.5) is 22.7 Å². The van der Waals surface area contributed by atoms with Crippen molar-refractivity contribution in [1.29, 1.82) is 0 Å². The van der Waals surface area contributed by atoms with E-state index in [-0.39, 0.29) is 11.5 Å². The van der Waals surface area contributed by atoms with E-state index in [4.69, 9.17) is 0 Å². The SMILES string of the molecule is CCN(CCCC(C)=O)c1ccc(N=Nc2ccc([N+](=O)[O-])cc2)cc1. The van der Waals surface area contributed by atoms with Crippen molar-refractivity contribution < 1.29 is 9.72 Å². The average Bonchev–Trinajstić information content (AvgIpc) is 2.64. The molecule has 0 heterocycles. The van der Waals surface area contributed by atoms with Gasteiger partial charge in [0.15, 0.2) is 0 Å². The van der Waals surface area contributed by atoms with Gasteiger partial charge >= 0.3 is 0 Å². The van der Waals surface area contributed by atoms with Crippen LogP contribution in [0.15, 0.2) is 58.8 Å². The van der Waals surface area contributed by atoms with E-state index in [0.29, 0.717) is 17.8 Å². The molecule has 0 radical (unpaired) electrons. The highest BCUT2D eigenvalue weighted by molar-refractivity contribution is 5.75. The molecule has 0 saturated heterocycles. The Labute approximate surface area is 152 Å². The molecule has 0 aliphatic heterocycles. The Morgan fingerprint density at radius 3 is 2.04 bits per heavy atom. The lowest BCUT2D eigenvalue weighted by Crippen LogP contribution is -2.24. The summed E-state index contributed by atoms with van der Waals surface area (Å²) in [4.78, 5) is 23.5. The zero-order chi connectivity index (χ0) is 18.9. The highest BCUT2D eigenvalue weighted by atomic mass is 16.6. The lowest BCUT2D eigenvalue weighted by Gasteiger charge is -2.22. The van der Waals surface area contributed by atoms with Crippen molar-refractivity contribution in [2.24, 2.45) is 10.2 Å². The number of ketones is 1. The van der Waals surface area contributed by atoms with Crippen molar-refractivity contribution in [3.8, 4) is 0 Å². The van der Waals surface area contributed by atoms with E-state index >= 15 is 0 Å². The summed E-state index contributed by atoms with van der Waals surface area (Å²) in [5.41, 5.74) is 2.36. The third-order valence-corrected chi connectivity index (χ3v) is 3.89. The molecule has 0 unspecified atom stereocenters. The second kappa shape index (κ2) is 9.41. The first-order chi connectivity index (χ1) is 12.5. The van der Waals surface area contributed by atoms with Crippen molar-refractivity contribution in [2.75, 3.05) is 18.0 Å². The number of azo groups is 1. The van der Waals surface area contributed by atoms with Gasteiger partial charge < -0.3 is 9.69 Å². The van der Waals surface area contributed by atoms with Gasteiger partial charge in [0.05, 0.1) is 16.3 Å². The van der Waals surface area contributed by atoms with E-state index in [9.17, 15) is 14.9 Å². The fourth-order valence-electron chi connectivity index (χ4n) is 2.48. The van der Waals surface area contributed by atoms with Crippen molar-refractivity contribution in [3.05, 3.63) is 58.6 Å². The molecule has 0 atom stereocenters. The highest BCUT2D eigenvalue weighted by Gasteiger charge is 2.05. The number of non-ortho nitro benzene ring substituents is 1. The molecular weight excluding hydrogens is 332 g/mol. The summed E-state index contributed by atoms with van der Waals surface area (Å²) in [6.07, 6.45) is 1.43. The van der Waals surface area contributed by atoms with Gasteiger partial charge in [-0.25, -0.2) is 0 Å². The molecule has 26 heavy (non-hydrogen) atoms. The van der Waals surface area contributed by atoms with Crippen LogP contribution in [0.1, 0.15) is 26.7 Å². The number of carbonyl (C=O) groups is 1. The largest absolute Gasteiger partial charge is 0.372 e. The molecule has 7 heteroatoms. The molecule has 2 aromatic carbocycles. The molecule has 0 bridgehead atoms. The van der Waals surface area contributed by atoms with E-state index in [2.05, 4.69) is 22.1 Å². The third kappa shape index (κ3) is 5.77. The Kier molecular flexibility index (Phi) is 6.96. The summed E-state index contributed by atoms with van der Waals surface area (Å²) in [6, 6.07) is 13.6. The van der Waals surface area contributed by atoms with E-state index in [1.807, 2.05) is 24.3 Å². The third-order valence-electron chi connectivity index (χ3n) is 3.89. The summed E-state index contributed by atoms with van der Waals surface area (Å²) in [7, 11) is 0. The first-order valence-corrected chi connectivity index (χ1v) is 8.50. The van der Waals surface area contributed by atoms with Crippen LogP contribution in [0.5, 0.6) is 0 Å². The van der Waals surface area contributed by atoms with Gasteiger partial charge in [-0.1, -0.05) is 0 Å². The maximum atomic E-state index is 11.1. The number of hydrogen-bond acceptors (Lipinski definition) is 6. The summed E-state index contributed by atoms with van der Waals surface area (Å²) < 4.78 is 0. The Balaban J connectivity index is 1.99. The van der Waals surface area contributed by atoms with Gasteiger partial charge in [-0.2, -0.15) is 10.2 Å². The molecule has 0 fully saturated rings. The number of Topliss-reactive ketones (excluding diaryl/α,β-unsaturated/α-hetero) is 1. The van der Waals surface area contributed by atoms with Crippen molar-refractivity contribution in [1.82, 2.24) is 0 Å². The number of rotatable bonds is 9. The van der Waals surface area contributed by atoms with Gasteiger partial charge in [0.1, 0.15) is 5.78 Å². The van der Waals surface area contributed by atoms with Crippen LogP contribution in [0, 0.1) is 10.1 Å². The van der Waals surface area contributed by atoms with Gasteiger partial charge in [-0.3, -0.25) is 10.1 Å². The van der Waals surface area contributed by atoms with Crippen LogP contribution in [-0.2, 0) is 4.79 Å². The lowest BCUT2D eigenvalue weighted by molar-refractivity contribution is -0.384. The maximum Gasteiger partial charge on any atom is 0.269 e. The second-order valence-electron chi connectivity index (χ2n) is 5.88. The summed E-state index contributed by atoms with van der Waals surface area (Å²) in [5.74, 6) is 0.211. The highest BCUT2D eigenvalue weighted by Crippen LogP contribution is 2.23. The van der Waals surface area contributed by atoms with Crippen LogP contribution < -0.4 is 4.90 Å². The molecule has 0 N–H and O–H groups in total. The summed E-state index contributed by atoms with van der Waals surface area (Å²) in [5, 5.41) is 18.9. The molecule has 0 aromatic heterocycles. The molecule has 0 aliphatic rings. The number of nitro groups is 1. The van der Waals surface area contributed by atoms with E-state index in [1.54, 1.807) is 19.1 Å². The van der Waals surface area contributed by atoms with Crippen molar-refractivity contribution in [2.45, 2.75) is 26.7 Å². The van der Waals surface area contributed by atoms with Crippen LogP contribution in [0.25, 0.3) is 0 Å². The van der Waals surface area contributed by atoms with Gasteiger partial charge in [-0.05, 0) is 56.7 Å². The summed E-state index contributed by atoms with van der Waals surface area (Å²) in [6.45, 7) is 5.39. The van der Waals surface area contributed by atoms with Crippen LogP contribution in [0.3, 0.4) is 0 Å². The van der Waals surface area contributed by atoms with Crippen LogP contribution in [-0.4, -0.2) is 23.8 Å². The number of nitrogens with zero attached hydrogens (tertiary/aromatic N) is 4. The molecule has 0 amide bonds. The van der Waals surface area contributed by atoms with E-state index in [1.165, 1.54) is 12.1 Å². The Morgan fingerprint density at radius 1 is 1.04 bits per heavy atom. The molecule has 2 aromatic rings. The monoisotopic (exact) mass is 354 g/mol. The molecule has 0 aliphatic carbocycles. The van der Waals surface area contributed by atoms with E-state index < -0.39 is 4.92 Å². The topological polar surface area (TPSA) is 88.2 Å². The number of nitro benzene ring substituents is 1. The molecule has 7 nitrogen and oxygen atoms in total. The number of hydrogen-bond donors (Lipinski definition) is 0. The number of anilines is 1. The van der Waals surface area contributed by atoms with Crippen LogP contribution >= 0.6 is 0 Å². The zero-order valence-electron chi connectivity index (χ0n) is 15.0. The first-order valence-electron chi connectivity index (χ1n) is 8.50. The minimum Gasteiger partial charge on any atom is -0.372 e. The van der Waals surface area contributed by atoms with E-state index in [0.717, 1.165) is 25.2 Å². The minimum atomic E-state index is -0.449. The average molecular weight is 354 g/mol. The van der Waals surface area contributed by atoms with Crippen molar-refractivity contribution >= 4 is 28.5 Å². The second-order valence-corrected chi connectivity index (χ2v) is 5.88. The predicted octanol–water partition coefficient (Wildman–Crippen LogP) is 5.21.